The van der Waals surface area contributed by atoms with E-state index >= 15 is 0 Å². The van der Waals surface area contributed by atoms with Crippen LogP contribution in [-0.4, -0.2) is 12.1 Å². The van der Waals surface area contributed by atoms with Crippen molar-refractivity contribution in [1.29, 1.82) is 5.26 Å². The Kier molecular flexibility index (Phi) is 4.86. The molecule has 0 aliphatic carbocycles. The van der Waals surface area contributed by atoms with E-state index in [2.05, 4.69) is 47.5 Å². The molecule has 3 aromatic carbocycles. The minimum absolute atomic E-state index is 0.671. The Hall–Kier alpha value is -3.90. The molecule has 0 fully saturated rings. The van der Waals surface area contributed by atoms with E-state index in [4.69, 9.17) is 10.00 Å². The lowest BCUT2D eigenvalue weighted by Crippen LogP contribution is -1.86. The van der Waals surface area contributed by atoms with E-state index in [0.29, 0.717) is 5.56 Å². The number of pyridine rings is 1. The third kappa shape index (κ3) is 3.77. The van der Waals surface area contributed by atoms with Crippen LogP contribution in [0.3, 0.4) is 0 Å². The van der Waals surface area contributed by atoms with Crippen molar-refractivity contribution in [1.82, 2.24) is 4.98 Å². The summed E-state index contributed by atoms with van der Waals surface area (Å²) in [5.74, 6) is 0.833. The highest BCUT2D eigenvalue weighted by atomic mass is 16.5. The van der Waals surface area contributed by atoms with Gasteiger partial charge in [0.25, 0.3) is 0 Å². The van der Waals surface area contributed by atoms with Crippen LogP contribution in [-0.2, 0) is 0 Å². The molecule has 1 heterocycles. The van der Waals surface area contributed by atoms with Crippen molar-refractivity contribution < 1.29 is 4.74 Å². The second-order valence-corrected chi connectivity index (χ2v) is 6.44. The van der Waals surface area contributed by atoms with Gasteiger partial charge in [0.15, 0.2) is 0 Å². The fourth-order valence-electron chi connectivity index (χ4n) is 3.04. The molecule has 4 rings (SSSR count). The number of methoxy groups -OCH3 is 1. The number of benzene rings is 3. The third-order valence-corrected chi connectivity index (χ3v) is 4.62. The minimum Gasteiger partial charge on any atom is -0.497 e. The molecular formula is C25H18N2O. The lowest BCUT2D eigenvalue weighted by atomic mass is 10.0. The van der Waals surface area contributed by atoms with Gasteiger partial charge in [-0.05, 0) is 59.2 Å². The highest BCUT2D eigenvalue weighted by Crippen LogP contribution is 2.22. The van der Waals surface area contributed by atoms with Crippen molar-refractivity contribution >= 4 is 23.1 Å². The standard InChI is InChI=1S/C25H18N2O/c1-28-24-14-15-25-22(16-24)11-13-23(27-25)12-6-18-2-7-20(8-3-18)21-9-4-19(17-26)5-10-21/h2-16H,1H3. The van der Waals surface area contributed by atoms with Crippen LogP contribution in [0.15, 0.2) is 78.9 Å². The molecular weight excluding hydrogens is 344 g/mol. The van der Waals surface area contributed by atoms with Crippen molar-refractivity contribution in [2.45, 2.75) is 0 Å². The normalized spacial score (nSPS) is 10.9. The lowest BCUT2D eigenvalue weighted by Gasteiger charge is -2.03. The first kappa shape index (κ1) is 17.5. The number of fused-ring (bicyclic) bond motifs is 1. The first-order valence-electron chi connectivity index (χ1n) is 8.99. The van der Waals surface area contributed by atoms with E-state index < -0.39 is 0 Å². The van der Waals surface area contributed by atoms with Crippen molar-refractivity contribution in [3.8, 4) is 22.9 Å². The van der Waals surface area contributed by atoms with Crippen LogP contribution >= 0.6 is 0 Å². The molecule has 0 amide bonds. The van der Waals surface area contributed by atoms with Gasteiger partial charge in [-0.25, -0.2) is 4.98 Å². The van der Waals surface area contributed by atoms with Gasteiger partial charge in [0.05, 0.1) is 30.0 Å². The molecule has 134 valence electrons. The average Bonchev–Trinajstić information content (AvgIpc) is 2.77. The predicted molar refractivity (Wildman–Crippen MR) is 114 cm³/mol. The number of hydrogen-bond donors (Lipinski definition) is 0. The van der Waals surface area contributed by atoms with E-state index in [1.165, 1.54) is 0 Å². The smallest absolute Gasteiger partial charge is 0.119 e. The first-order valence-corrected chi connectivity index (χ1v) is 8.99. The molecule has 0 bridgehead atoms. The van der Waals surface area contributed by atoms with Crippen molar-refractivity contribution in [2.75, 3.05) is 7.11 Å². The van der Waals surface area contributed by atoms with Crippen LogP contribution in [0.4, 0.5) is 0 Å². The van der Waals surface area contributed by atoms with Gasteiger partial charge in [0.1, 0.15) is 5.75 Å². The number of aromatic nitrogens is 1. The largest absolute Gasteiger partial charge is 0.497 e. The zero-order valence-electron chi connectivity index (χ0n) is 15.5. The van der Waals surface area contributed by atoms with E-state index in [1.54, 1.807) is 7.11 Å². The van der Waals surface area contributed by atoms with Gasteiger partial charge in [-0.15, -0.1) is 0 Å². The van der Waals surface area contributed by atoms with Crippen molar-refractivity contribution in [3.05, 3.63) is 95.7 Å². The van der Waals surface area contributed by atoms with Crippen LogP contribution in [0.1, 0.15) is 16.8 Å². The van der Waals surface area contributed by atoms with Gasteiger partial charge < -0.3 is 4.74 Å². The Morgan fingerprint density at radius 1 is 0.821 bits per heavy atom. The Labute approximate surface area is 164 Å². The molecule has 0 saturated heterocycles. The average molecular weight is 362 g/mol. The topological polar surface area (TPSA) is 45.9 Å². The molecule has 0 aliphatic rings. The summed E-state index contributed by atoms with van der Waals surface area (Å²) in [4.78, 5) is 4.68. The number of nitriles is 1. The Morgan fingerprint density at radius 3 is 2.21 bits per heavy atom. The summed E-state index contributed by atoms with van der Waals surface area (Å²) in [7, 11) is 1.67. The summed E-state index contributed by atoms with van der Waals surface area (Å²) < 4.78 is 5.25. The Balaban J connectivity index is 1.52. The van der Waals surface area contributed by atoms with Gasteiger partial charge in [-0.2, -0.15) is 5.26 Å². The Morgan fingerprint density at radius 2 is 1.54 bits per heavy atom. The molecule has 0 aliphatic heterocycles. The SMILES string of the molecule is COc1ccc2nc(C=Cc3ccc(-c4ccc(C#N)cc4)cc3)ccc2c1. The number of ether oxygens (including phenoxy) is 1. The number of hydrogen-bond acceptors (Lipinski definition) is 3. The maximum Gasteiger partial charge on any atom is 0.119 e. The summed E-state index contributed by atoms with van der Waals surface area (Å²) >= 11 is 0. The predicted octanol–water partition coefficient (Wildman–Crippen LogP) is 5.95. The molecule has 3 nitrogen and oxygen atoms in total. The molecule has 0 radical (unpaired) electrons. The monoisotopic (exact) mass is 362 g/mol. The van der Waals surface area contributed by atoms with Gasteiger partial charge in [-0.1, -0.05) is 48.5 Å². The number of rotatable bonds is 4. The maximum absolute atomic E-state index is 8.90. The molecule has 0 atom stereocenters. The molecule has 0 spiro atoms. The van der Waals surface area contributed by atoms with E-state index in [9.17, 15) is 0 Å². The summed E-state index contributed by atoms with van der Waals surface area (Å²) in [6.07, 6.45) is 4.07. The maximum atomic E-state index is 8.90. The summed E-state index contributed by atoms with van der Waals surface area (Å²) in [6.45, 7) is 0. The molecule has 0 unspecified atom stereocenters. The second-order valence-electron chi connectivity index (χ2n) is 6.44. The van der Waals surface area contributed by atoms with E-state index in [-0.39, 0.29) is 0 Å². The van der Waals surface area contributed by atoms with Crippen molar-refractivity contribution in [2.24, 2.45) is 0 Å². The highest BCUT2D eigenvalue weighted by Gasteiger charge is 2.00. The summed E-state index contributed by atoms with van der Waals surface area (Å²) in [5, 5.41) is 9.96. The van der Waals surface area contributed by atoms with Crippen LogP contribution in [0.5, 0.6) is 5.75 Å². The van der Waals surface area contributed by atoms with Gasteiger partial charge in [0.2, 0.25) is 0 Å². The molecule has 0 N–H and O–H groups in total. The second kappa shape index (κ2) is 7.77. The molecule has 0 saturated carbocycles. The fraction of sp³-hybridized carbons (Fsp3) is 0.0400. The minimum atomic E-state index is 0.671. The molecule has 3 heteroatoms. The quantitative estimate of drug-likeness (QED) is 0.450. The zero-order valence-corrected chi connectivity index (χ0v) is 15.5. The molecule has 4 aromatic rings. The summed E-state index contributed by atoms with van der Waals surface area (Å²) in [6, 6.07) is 28.0. The van der Waals surface area contributed by atoms with E-state index in [1.807, 2.05) is 54.6 Å². The Bertz CT molecular complexity index is 1180. The van der Waals surface area contributed by atoms with Crippen LogP contribution in [0.2, 0.25) is 0 Å². The van der Waals surface area contributed by atoms with Gasteiger partial charge in [-0.3, -0.25) is 0 Å². The van der Waals surface area contributed by atoms with Crippen molar-refractivity contribution in [3.63, 3.8) is 0 Å². The van der Waals surface area contributed by atoms with Crippen LogP contribution < -0.4 is 4.74 Å². The molecule has 28 heavy (non-hydrogen) atoms. The zero-order chi connectivity index (χ0) is 19.3. The summed E-state index contributed by atoms with van der Waals surface area (Å²) in [5.41, 5.74) is 5.85. The van der Waals surface area contributed by atoms with E-state index in [0.717, 1.165) is 39.0 Å². The molecule has 1 aromatic heterocycles. The fourth-order valence-corrected chi connectivity index (χ4v) is 3.04. The number of nitrogens with zero attached hydrogens (tertiary/aromatic N) is 2. The first-order chi connectivity index (χ1) is 13.7. The van der Waals surface area contributed by atoms with Crippen LogP contribution in [0.25, 0.3) is 34.2 Å². The lowest BCUT2D eigenvalue weighted by molar-refractivity contribution is 0.415. The highest BCUT2D eigenvalue weighted by molar-refractivity contribution is 5.82. The third-order valence-electron chi connectivity index (χ3n) is 4.62. The van der Waals surface area contributed by atoms with Gasteiger partial charge >= 0.3 is 0 Å². The van der Waals surface area contributed by atoms with Crippen LogP contribution in [0, 0.1) is 11.3 Å². The van der Waals surface area contributed by atoms with Gasteiger partial charge in [0, 0.05) is 5.39 Å².